The Balaban J connectivity index is 2.02. The molecule has 112 valence electrons. The molecule has 2 rings (SSSR count). The topological polar surface area (TPSA) is 131 Å². The lowest BCUT2D eigenvalue weighted by atomic mass is 10.1. The van der Waals surface area contributed by atoms with Crippen molar-refractivity contribution in [2.24, 2.45) is 0 Å². The summed E-state index contributed by atoms with van der Waals surface area (Å²) in [5, 5.41) is 19.5. The van der Waals surface area contributed by atoms with E-state index in [1.54, 1.807) is 0 Å². The van der Waals surface area contributed by atoms with E-state index in [1.807, 2.05) is 0 Å². The summed E-state index contributed by atoms with van der Waals surface area (Å²) < 4.78 is 30.9. The van der Waals surface area contributed by atoms with Gasteiger partial charge in [-0.25, -0.2) is 13.1 Å². The Morgan fingerprint density at radius 2 is 2.30 bits per heavy atom. The van der Waals surface area contributed by atoms with Gasteiger partial charge in [-0.2, -0.15) is 0 Å². The van der Waals surface area contributed by atoms with Gasteiger partial charge < -0.3 is 15.2 Å². The normalized spacial score (nSPS) is 22.9. The van der Waals surface area contributed by atoms with Gasteiger partial charge >= 0.3 is 0 Å². The third-order valence-electron chi connectivity index (χ3n) is 2.59. The van der Waals surface area contributed by atoms with Gasteiger partial charge in [-0.15, -0.1) is 10.2 Å². The van der Waals surface area contributed by atoms with Gasteiger partial charge in [0.05, 0.1) is 6.61 Å². The molecule has 0 bridgehead atoms. The van der Waals surface area contributed by atoms with Crippen LogP contribution in [0.15, 0.2) is 4.34 Å². The SMILES string of the molecule is CC(=O)Nc1nnc(S(=O)(=O)NCC2(O)CCOC2)s1. The van der Waals surface area contributed by atoms with Crippen LogP contribution < -0.4 is 10.0 Å². The number of anilines is 1. The van der Waals surface area contributed by atoms with Crippen molar-refractivity contribution in [3.05, 3.63) is 0 Å². The van der Waals surface area contributed by atoms with Crippen molar-refractivity contribution in [3.63, 3.8) is 0 Å². The summed E-state index contributed by atoms with van der Waals surface area (Å²) in [6.45, 7) is 1.60. The highest BCUT2D eigenvalue weighted by Gasteiger charge is 2.34. The molecule has 1 aromatic heterocycles. The highest BCUT2D eigenvalue weighted by atomic mass is 32.2. The zero-order valence-corrected chi connectivity index (χ0v) is 12.3. The highest BCUT2D eigenvalue weighted by molar-refractivity contribution is 7.91. The Morgan fingerprint density at radius 3 is 2.90 bits per heavy atom. The van der Waals surface area contributed by atoms with Crippen LogP contribution in [0, 0.1) is 0 Å². The molecule has 3 N–H and O–H groups in total. The Morgan fingerprint density at radius 1 is 1.55 bits per heavy atom. The first-order valence-electron chi connectivity index (χ1n) is 5.72. The number of nitrogens with one attached hydrogen (secondary N) is 2. The van der Waals surface area contributed by atoms with Gasteiger partial charge in [0.1, 0.15) is 5.60 Å². The lowest BCUT2D eigenvalue weighted by Gasteiger charge is -2.19. The molecule has 1 fully saturated rings. The molecular formula is C9H14N4O5S2. The van der Waals surface area contributed by atoms with Crippen molar-refractivity contribution in [2.75, 3.05) is 25.1 Å². The minimum absolute atomic E-state index is 0.0861. The molecule has 1 aliphatic heterocycles. The summed E-state index contributed by atoms with van der Waals surface area (Å²) >= 11 is 0.732. The summed E-state index contributed by atoms with van der Waals surface area (Å²) in [5.74, 6) is -0.365. The van der Waals surface area contributed by atoms with Crippen molar-refractivity contribution in [1.29, 1.82) is 0 Å². The molecule has 1 atom stereocenters. The number of aromatic nitrogens is 2. The van der Waals surface area contributed by atoms with Crippen LogP contribution >= 0.6 is 11.3 Å². The van der Waals surface area contributed by atoms with Crippen LogP contribution in [0.25, 0.3) is 0 Å². The van der Waals surface area contributed by atoms with Crippen LogP contribution in [-0.4, -0.2) is 55.0 Å². The maximum absolute atomic E-state index is 12.0. The van der Waals surface area contributed by atoms with E-state index in [2.05, 4.69) is 20.2 Å². The van der Waals surface area contributed by atoms with Crippen molar-refractivity contribution >= 4 is 32.4 Å². The Labute approximate surface area is 119 Å². The minimum Gasteiger partial charge on any atom is -0.386 e. The molecule has 1 unspecified atom stereocenters. The Hall–Kier alpha value is -1.14. The Kier molecular flexibility index (Phi) is 4.34. The second-order valence-corrected chi connectivity index (χ2v) is 7.32. The standard InChI is InChI=1S/C9H14N4O5S2/c1-6(14)11-7-12-13-8(19-7)20(16,17)10-4-9(15)2-3-18-5-9/h10,15H,2-5H2,1H3,(H,11,12,14). The van der Waals surface area contributed by atoms with E-state index in [0.717, 1.165) is 11.3 Å². The van der Waals surface area contributed by atoms with Crippen molar-refractivity contribution < 1.29 is 23.1 Å². The molecule has 1 aromatic rings. The second-order valence-electron chi connectivity index (χ2n) is 4.41. The first kappa shape index (κ1) is 15.3. The average molecular weight is 322 g/mol. The number of carbonyl (C=O) groups is 1. The van der Waals surface area contributed by atoms with Gasteiger partial charge in [-0.3, -0.25) is 4.79 Å². The molecule has 11 heteroatoms. The number of carbonyl (C=O) groups excluding carboxylic acids is 1. The maximum Gasteiger partial charge on any atom is 0.269 e. The Bertz CT molecular complexity index is 593. The summed E-state index contributed by atoms with van der Waals surface area (Å²) in [4.78, 5) is 10.8. The summed E-state index contributed by atoms with van der Waals surface area (Å²) in [6, 6.07) is 0. The molecule has 1 saturated heterocycles. The number of sulfonamides is 1. The number of ether oxygens (including phenoxy) is 1. The van der Waals surface area contributed by atoms with Crippen molar-refractivity contribution in [3.8, 4) is 0 Å². The molecule has 1 aliphatic rings. The molecule has 0 spiro atoms. The van der Waals surface area contributed by atoms with Crippen LogP contribution in [0.5, 0.6) is 0 Å². The molecule has 1 amide bonds. The quantitative estimate of drug-likeness (QED) is 0.588. The van der Waals surface area contributed by atoms with E-state index in [9.17, 15) is 18.3 Å². The lowest BCUT2D eigenvalue weighted by Crippen LogP contribution is -2.43. The van der Waals surface area contributed by atoms with Gasteiger partial charge in [0.25, 0.3) is 10.0 Å². The predicted octanol–water partition coefficient (Wildman–Crippen LogP) is -1.07. The smallest absolute Gasteiger partial charge is 0.269 e. The fraction of sp³-hybridized carbons (Fsp3) is 0.667. The maximum atomic E-state index is 12.0. The van der Waals surface area contributed by atoms with Crippen LogP contribution in [0.1, 0.15) is 13.3 Å². The van der Waals surface area contributed by atoms with E-state index in [0.29, 0.717) is 13.0 Å². The molecule has 20 heavy (non-hydrogen) atoms. The van der Waals surface area contributed by atoms with Crippen LogP contribution in [0.2, 0.25) is 0 Å². The fourth-order valence-corrected chi connectivity index (χ4v) is 3.65. The molecular weight excluding hydrogens is 308 g/mol. The average Bonchev–Trinajstić information content (AvgIpc) is 2.97. The number of nitrogens with zero attached hydrogens (tertiary/aromatic N) is 2. The van der Waals surface area contributed by atoms with Crippen molar-refractivity contribution in [2.45, 2.75) is 23.3 Å². The number of hydrogen-bond acceptors (Lipinski definition) is 8. The highest BCUT2D eigenvalue weighted by Crippen LogP contribution is 2.21. The first-order chi connectivity index (χ1) is 9.31. The zero-order valence-electron chi connectivity index (χ0n) is 10.6. The van der Waals surface area contributed by atoms with Gasteiger partial charge in [0.2, 0.25) is 15.4 Å². The van der Waals surface area contributed by atoms with Gasteiger partial charge in [0.15, 0.2) is 0 Å². The first-order valence-corrected chi connectivity index (χ1v) is 8.02. The van der Waals surface area contributed by atoms with Gasteiger partial charge in [0, 0.05) is 26.5 Å². The largest absolute Gasteiger partial charge is 0.386 e. The van der Waals surface area contributed by atoms with Crippen LogP contribution in [-0.2, 0) is 19.6 Å². The molecule has 0 aromatic carbocycles. The van der Waals surface area contributed by atoms with E-state index in [-0.39, 0.29) is 28.5 Å². The molecule has 0 aliphatic carbocycles. The molecule has 9 nitrogen and oxygen atoms in total. The summed E-state index contributed by atoms with van der Waals surface area (Å²) in [6.07, 6.45) is 0.364. The summed E-state index contributed by atoms with van der Waals surface area (Å²) in [5.41, 5.74) is -1.20. The summed E-state index contributed by atoms with van der Waals surface area (Å²) in [7, 11) is -3.87. The van der Waals surface area contributed by atoms with Crippen molar-refractivity contribution in [1.82, 2.24) is 14.9 Å². The van der Waals surface area contributed by atoms with E-state index in [4.69, 9.17) is 4.74 Å². The third kappa shape index (κ3) is 3.70. The molecule has 2 heterocycles. The van der Waals surface area contributed by atoms with Gasteiger partial charge in [-0.05, 0) is 0 Å². The number of amides is 1. The number of aliphatic hydroxyl groups is 1. The van der Waals surface area contributed by atoms with E-state index in [1.165, 1.54) is 6.92 Å². The molecule has 0 radical (unpaired) electrons. The monoisotopic (exact) mass is 322 g/mol. The second kappa shape index (κ2) is 5.69. The molecule has 0 saturated carbocycles. The van der Waals surface area contributed by atoms with Crippen LogP contribution in [0.3, 0.4) is 0 Å². The lowest BCUT2D eigenvalue weighted by molar-refractivity contribution is -0.114. The van der Waals surface area contributed by atoms with Crippen LogP contribution in [0.4, 0.5) is 5.13 Å². The third-order valence-corrected chi connectivity index (χ3v) is 5.20. The van der Waals surface area contributed by atoms with Gasteiger partial charge in [-0.1, -0.05) is 11.3 Å². The predicted molar refractivity (Wildman–Crippen MR) is 69.8 cm³/mol. The number of rotatable bonds is 5. The number of hydrogen-bond donors (Lipinski definition) is 3. The van der Waals surface area contributed by atoms with E-state index < -0.39 is 15.6 Å². The zero-order chi connectivity index (χ0) is 14.8. The fourth-order valence-electron chi connectivity index (χ4n) is 1.55. The minimum atomic E-state index is -3.87. The van der Waals surface area contributed by atoms with E-state index >= 15 is 0 Å².